The first-order valence-corrected chi connectivity index (χ1v) is 12.4. The molecule has 4 rings (SSSR count). The Bertz CT molecular complexity index is 1350. The van der Waals surface area contributed by atoms with Crippen LogP contribution < -0.4 is 18.9 Å². The molecule has 3 aromatic rings. The highest BCUT2D eigenvalue weighted by Gasteiger charge is 2.39. The topological polar surface area (TPSA) is 86.7 Å². The Morgan fingerprint density at radius 1 is 0.829 bits per heavy atom. The van der Waals surface area contributed by atoms with Crippen LogP contribution in [0.2, 0.25) is 0 Å². The Labute approximate surface area is 205 Å². The predicted molar refractivity (Wildman–Crippen MR) is 133 cm³/mol. The number of benzene rings is 3. The van der Waals surface area contributed by atoms with Crippen LogP contribution in [-0.2, 0) is 10.0 Å². The molecule has 0 bridgehead atoms. The van der Waals surface area contributed by atoms with E-state index in [0.717, 1.165) is 11.1 Å². The molecule has 3 aromatic carbocycles. The maximum atomic E-state index is 13.8. The summed E-state index contributed by atoms with van der Waals surface area (Å²) < 4.78 is 50.6. The zero-order chi connectivity index (χ0) is 25.2. The van der Waals surface area contributed by atoms with Crippen molar-refractivity contribution in [2.24, 2.45) is 5.10 Å². The zero-order valence-electron chi connectivity index (χ0n) is 20.3. The number of aryl methyl sites for hydroxylation is 1. The van der Waals surface area contributed by atoms with Crippen molar-refractivity contribution in [3.63, 3.8) is 0 Å². The van der Waals surface area contributed by atoms with Crippen molar-refractivity contribution in [3.8, 4) is 23.0 Å². The highest BCUT2D eigenvalue weighted by Crippen LogP contribution is 2.44. The quantitative estimate of drug-likeness (QED) is 0.454. The SMILES string of the molecule is COc1ccc(C2=NN(S(=O)(=O)c3ccc(C)cc3)C(c3cccc(OC)c3OC)C2)cc1OC. The van der Waals surface area contributed by atoms with Crippen LogP contribution in [0.3, 0.4) is 0 Å². The molecule has 0 radical (unpaired) electrons. The van der Waals surface area contributed by atoms with Gasteiger partial charge in [-0.3, -0.25) is 0 Å². The summed E-state index contributed by atoms with van der Waals surface area (Å²) in [4.78, 5) is 0.160. The van der Waals surface area contributed by atoms with Crippen LogP contribution in [0.25, 0.3) is 0 Å². The van der Waals surface area contributed by atoms with Crippen LogP contribution in [0.5, 0.6) is 23.0 Å². The Kier molecular flexibility index (Phi) is 6.88. The number of para-hydroxylation sites is 1. The molecule has 0 N–H and O–H groups in total. The van der Waals surface area contributed by atoms with Crippen molar-refractivity contribution in [1.29, 1.82) is 0 Å². The standard InChI is InChI=1S/C26H28N2O6S/c1-17-9-12-19(13-10-17)35(29,30)28-22(20-7-6-8-24(32-3)26(20)34-5)16-21(27-28)18-11-14-23(31-2)25(15-18)33-4/h6-15,22H,16H2,1-5H3. The summed E-state index contributed by atoms with van der Waals surface area (Å²) >= 11 is 0. The lowest BCUT2D eigenvalue weighted by Crippen LogP contribution is -2.27. The van der Waals surface area contributed by atoms with Gasteiger partial charge in [0.25, 0.3) is 10.0 Å². The molecular weight excluding hydrogens is 468 g/mol. The summed E-state index contributed by atoms with van der Waals surface area (Å²) in [7, 11) is 2.22. The van der Waals surface area contributed by atoms with Crippen LogP contribution in [0.4, 0.5) is 0 Å². The fraction of sp³-hybridized carbons (Fsp3) is 0.269. The van der Waals surface area contributed by atoms with Gasteiger partial charge in [0.2, 0.25) is 0 Å². The minimum absolute atomic E-state index is 0.160. The van der Waals surface area contributed by atoms with Crippen molar-refractivity contribution in [2.45, 2.75) is 24.3 Å². The lowest BCUT2D eigenvalue weighted by Gasteiger charge is -2.25. The van der Waals surface area contributed by atoms with Gasteiger partial charge >= 0.3 is 0 Å². The molecule has 1 unspecified atom stereocenters. The number of hydrazone groups is 1. The van der Waals surface area contributed by atoms with Crippen molar-refractivity contribution in [1.82, 2.24) is 4.41 Å². The van der Waals surface area contributed by atoms with Crippen LogP contribution in [0.15, 0.2) is 70.7 Å². The third-order valence-corrected chi connectivity index (χ3v) is 7.64. The van der Waals surface area contributed by atoms with Gasteiger partial charge in [0.15, 0.2) is 23.0 Å². The van der Waals surface area contributed by atoms with Gasteiger partial charge in [-0.2, -0.15) is 17.9 Å². The molecule has 9 heteroatoms. The molecule has 1 atom stereocenters. The first-order chi connectivity index (χ1) is 16.8. The number of rotatable bonds is 8. The van der Waals surface area contributed by atoms with Crippen LogP contribution in [0, 0.1) is 6.92 Å². The van der Waals surface area contributed by atoms with E-state index in [9.17, 15) is 8.42 Å². The van der Waals surface area contributed by atoms with Crippen LogP contribution >= 0.6 is 0 Å². The van der Waals surface area contributed by atoms with Gasteiger partial charge in [-0.25, -0.2) is 0 Å². The second kappa shape index (κ2) is 9.87. The predicted octanol–water partition coefficient (Wildman–Crippen LogP) is 4.57. The molecule has 0 spiro atoms. The normalized spacial score (nSPS) is 15.5. The number of sulfonamides is 1. The molecular formula is C26H28N2O6S. The highest BCUT2D eigenvalue weighted by atomic mass is 32.2. The monoisotopic (exact) mass is 496 g/mol. The molecule has 0 saturated carbocycles. The van der Waals surface area contributed by atoms with Crippen molar-refractivity contribution >= 4 is 15.7 Å². The first-order valence-electron chi connectivity index (χ1n) is 11.0. The Hall–Kier alpha value is -3.72. The van der Waals surface area contributed by atoms with Crippen LogP contribution in [-0.4, -0.2) is 47.0 Å². The van der Waals surface area contributed by atoms with Gasteiger partial charge in [-0.15, -0.1) is 0 Å². The second-order valence-corrected chi connectivity index (χ2v) is 9.81. The summed E-state index contributed by atoms with van der Waals surface area (Å²) in [6.07, 6.45) is 0.324. The zero-order valence-corrected chi connectivity index (χ0v) is 21.1. The van der Waals surface area contributed by atoms with Gasteiger partial charge in [0.1, 0.15) is 0 Å². The summed E-state index contributed by atoms with van der Waals surface area (Å²) in [6, 6.07) is 16.9. The first kappa shape index (κ1) is 24.4. The third kappa shape index (κ3) is 4.51. The van der Waals surface area contributed by atoms with Gasteiger partial charge < -0.3 is 18.9 Å². The van der Waals surface area contributed by atoms with E-state index >= 15 is 0 Å². The van der Waals surface area contributed by atoms with Crippen molar-refractivity contribution in [2.75, 3.05) is 28.4 Å². The fourth-order valence-electron chi connectivity index (χ4n) is 4.12. The lowest BCUT2D eigenvalue weighted by molar-refractivity contribution is 0.328. The molecule has 0 aromatic heterocycles. The molecule has 0 saturated heterocycles. The number of nitrogens with zero attached hydrogens (tertiary/aromatic N) is 2. The maximum absolute atomic E-state index is 13.8. The number of hydrogen-bond donors (Lipinski definition) is 0. The average molecular weight is 497 g/mol. The van der Waals surface area contributed by atoms with E-state index in [4.69, 9.17) is 18.9 Å². The van der Waals surface area contributed by atoms with E-state index in [1.807, 2.05) is 25.1 Å². The third-order valence-electron chi connectivity index (χ3n) is 5.95. The molecule has 1 aliphatic rings. The molecule has 0 amide bonds. The fourth-order valence-corrected chi connectivity index (χ4v) is 5.55. The van der Waals surface area contributed by atoms with E-state index in [-0.39, 0.29) is 4.90 Å². The summed E-state index contributed by atoms with van der Waals surface area (Å²) in [5, 5.41) is 4.62. The smallest absolute Gasteiger partial charge is 0.279 e. The summed E-state index contributed by atoms with van der Waals surface area (Å²) in [6.45, 7) is 1.91. The number of hydrogen-bond acceptors (Lipinski definition) is 7. The minimum Gasteiger partial charge on any atom is -0.493 e. The van der Waals surface area contributed by atoms with Gasteiger partial charge in [-0.05, 0) is 43.3 Å². The molecule has 1 heterocycles. The summed E-state index contributed by atoms with van der Waals surface area (Å²) in [5.74, 6) is 2.08. The molecule has 8 nitrogen and oxygen atoms in total. The summed E-state index contributed by atoms with van der Waals surface area (Å²) in [5.41, 5.74) is 2.94. The maximum Gasteiger partial charge on any atom is 0.279 e. The Morgan fingerprint density at radius 3 is 2.14 bits per heavy atom. The van der Waals surface area contributed by atoms with Gasteiger partial charge in [0.05, 0.1) is 45.1 Å². The largest absolute Gasteiger partial charge is 0.493 e. The van der Waals surface area contributed by atoms with Crippen molar-refractivity contribution in [3.05, 3.63) is 77.4 Å². The van der Waals surface area contributed by atoms with E-state index in [1.165, 1.54) is 11.5 Å². The molecule has 1 aliphatic heterocycles. The minimum atomic E-state index is -3.97. The Balaban J connectivity index is 1.86. The van der Waals surface area contributed by atoms with Crippen molar-refractivity contribution < 1.29 is 27.4 Å². The van der Waals surface area contributed by atoms with E-state index < -0.39 is 16.1 Å². The molecule has 0 fully saturated rings. The van der Waals surface area contributed by atoms with Crippen LogP contribution in [0.1, 0.15) is 29.2 Å². The average Bonchev–Trinajstić information content (AvgIpc) is 3.34. The lowest BCUT2D eigenvalue weighted by atomic mass is 9.98. The van der Waals surface area contributed by atoms with E-state index in [0.29, 0.717) is 40.7 Å². The molecule has 184 valence electrons. The van der Waals surface area contributed by atoms with E-state index in [1.54, 1.807) is 63.8 Å². The highest BCUT2D eigenvalue weighted by molar-refractivity contribution is 7.89. The second-order valence-electron chi connectivity index (χ2n) is 8.01. The number of methoxy groups -OCH3 is 4. The Morgan fingerprint density at radius 2 is 1.51 bits per heavy atom. The molecule has 35 heavy (non-hydrogen) atoms. The van der Waals surface area contributed by atoms with E-state index in [2.05, 4.69) is 5.10 Å². The number of ether oxygens (including phenoxy) is 4. The van der Waals surface area contributed by atoms with Gasteiger partial charge in [0, 0.05) is 17.5 Å². The molecule has 0 aliphatic carbocycles. The van der Waals surface area contributed by atoms with Gasteiger partial charge in [-0.1, -0.05) is 29.8 Å².